The zero-order valence-electron chi connectivity index (χ0n) is 12.8. The molecule has 1 amide bonds. The lowest BCUT2D eigenvalue weighted by atomic mass is 10.1. The van der Waals surface area contributed by atoms with Gasteiger partial charge in [-0.3, -0.25) is 4.79 Å². The van der Waals surface area contributed by atoms with Crippen molar-refractivity contribution < 1.29 is 4.79 Å². The van der Waals surface area contributed by atoms with E-state index in [4.69, 9.17) is 11.6 Å². The van der Waals surface area contributed by atoms with Crippen molar-refractivity contribution >= 4 is 29.3 Å². The van der Waals surface area contributed by atoms with Gasteiger partial charge in [0, 0.05) is 10.8 Å². The number of carbonyl (C=O) groups is 1. The van der Waals surface area contributed by atoms with Crippen molar-refractivity contribution in [2.75, 3.05) is 0 Å². The molecule has 0 aromatic heterocycles. The van der Waals surface area contributed by atoms with Gasteiger partial charge < -0.3 is 5.32 Å². The number of halogens is 1. The second kappa shape index (κ2) is 8.25. The highest BCUT2D eigenvalue weighted by Crippen LogP contribution is 2.20. The van der Waals surface area contributed by atoms with Gasteiger partial charge in [-0.2, -0.15) is 0 Å². The quantitative estimate of drug-likeness (QED) is 0.819. The highest BCUT2D eigenvalue weighted by atomic mass is 35.5. The first-order valence-corrected chi connectivity index (χ1v) is 8.70. The number of thioether (sulfide) groups is 1. The van der Waals surface area contributed by atoms with Crippen LogP contribution in [-0.2, 0) is 10.5 Å². The Labute approximate surface area is 141 Å². The van der Waals surface area contributed by atoms with Gasteiger partial charge in [0.2, 0.25) is 5.91 Å². The molecule has 2 nitrogen and oxygen atoms in total. The van der Waals surface area contributed by atoms with Crippen LogP contribution in [0.2, 0.25) is 5.02 Å². The van der Waals surface area contributed by atoms with Crippen molar-refractivity contribution in [2.45, 2.75) is 30.9 Å². The van der Waals surface area contributed by atoms with Crippen LogP contribution >= 0.6 is 23.4 Å². The summed E-state index contributed by atoms with van der Waals surface area (Å²) in [5.74, 6) is 0.862. The maximum Gasteiger partial charge on any atom is 0.233 e. The normalized spacial score (nSPS) is 13.4. The predicted molar refractivity (Wildman–Crippen MR) is 95.2 cm³/mol. The lowest BCUT2D eigenvalue weighted by Crippen LogP contribution is -2.33. The molecule has 2 atom stereocenters. The summed E-state index contributed by atoms with van der Waals surface area (Å²) < 4.78 is 0. The first-order chi connectivity index (χ1) is 10.6. The molecule has 1 N–H and O–H groups in total. The molecule has 2 rings (SSSR count). The summed E-state index contributed by atoms with van der Waals surface area (Å²) in [5, 5.41) is 3.70. The average Bonchev–Trinajstić information content (AvgIpc) is 2.54. The Bertz CT molecular complexity index is 600. The van der Waals surface area contributed by atoms with E-state index in [1.54, 1.807) is 11.8 Å². The number of hydrogen-bond acceptors (Lipinski definition) is 2. The molecule has 2 aromatic carbocycles. The number of benzene rings is 2. The van der Waals surface area contributed by atoms with Crippen molar-refractivity contribution in [3.63, 3.8) is 0 Å². The fourth-order valence-corrected chi connectivity index (χ4v) is 3.01. The number of amides is 1. The zero-order valence-corrected chi connectivity index (χ0v) is 14.3. The number of hydrogen-bond donors (Lipinski definition) is 1. The molecule has 0 saturated carbocycles. The van der Waals surface area contributed by atoms with E-state index < -0.39 is 0 Å². The standard InChI is InChI=1S/C18H20ClNOS/c1-13(16-6-4-3-5-7-16)20-18(21)14(2)22-12-15-8-10-17(19)11-9-15/h3-11,13-14H,12H2,1-2H3,(H,20,21). The highest BCUT2D eigenvalue weighted by Gasteiger charge is 2.16. The molecule has 2 unspecified atom stereocenters. The number of nitrogens with one attached hydrogen (secondary N) is 1. The predicted octanol–water partition coefficient (Wildman–Crippen LogP) is 4.84. The minimum Gasteiger partial charge on any atom is -0.349 e. The number of carbonyl (C=O) groups excluding carboxylic acids is 1. The Balaban J connectivity index is 1.83. The Morgan fingerprint density at radius 3 is 2.36 bits per heavy atom. The smallest absolute Gasteiger partial charge is 0.233 e. The van der Waals surface area contributed by atoms with Crippen LogP contribution in [0.25, 0.3) is 0 Å². The van der Waals surface area contributed by atoms with E-state index >= 15 is 0 Å². The van der Waals surface area contributed by atoms with Gasteiger partial charge in [-0.1, -0.05) is 54.1 Å². The topological polar surface area (TPSA) is 29.1 Å². The van der Waals surface area contributed by atoms with Crippen LogP contribution in [0.1, 0.15) is 31.0 Å². The van der Waals surface area contributed by atoms with Gasteiger partial charge in [0.05, 0.1) is 11.3 Å². The van der Waals surface area contributed by atoms with Crippen LogP contribution in [0.15, 0.2) is 54.6 Å². The molecular formula is C18H20ClNOS. The molecule has 0 aliphatic rings. The van der Waals surface area contributed by atoms with E-state index in [2.05, 4.69) is 5.32 Å². The summed E-state index contributed by atoms with van der Waals surface area (Å²) in [7, 11) is 0. The van der Waals surface area contributed by atoms with Gasteiger partial charge in [-0.05, 0) is 37.1 Å². The van der Waals surface area contributed by atoms with Gasteiger partial charge in [0.1, 0.15) is 0 Å². The monoisotopic (exact) mass is 333 g/mol. The van der Waals surface area contributed by atoms with Crippen LogP contribution in [0.5, 0.6) is 0 Å². The lowest BCUT2D eigenvalue weighted by Gasteiger charge is -2.17. The van der Waals surface area contributed by atoms with Gasteiger partial charge in [-0.25, -0.2) is 0 Å². The molecule has 0 heterocycles. The zero-order chi connectivity index (χ0) is 15.9. The third-order valence-electron chi connectivity index (χ3n) is 3.44. The summed E-state index contributed by atoms with van der Waals surface area (Å²) in [6.07, 6.45) is 0. The largest absolute Gasteiger partial charge is 0.349 e. The van der Waals surface area contributed by atoms with E-state index in [0.717, 1.165) is 16.3 Å². The second-order valence-electron chi connectivity index (χ2n) is 5.22. The summed E-state index contributed by atoms with van der Waals surface area (Å²) >= 11 is 7.49. The minimum atomic E-state index is -0.0955. The van der Waals surface area contributed by atoms with Gasteiger partial charge in [0.25, 0.3) is 0 Å². The molecule has 2 aromatic rings. The Kier molecular flexibility index (Phi) is 6.34. The minimum absolute atomic E-state index is 0.0206. The van der Waals surface area contributed by atoms with Gasteiger partial charge >= 0.3 is 0 Å². The lowest BCUT2D eigenvalue weighted by molar-refractivity contribution is -0.120. The Morgan fingerprint density at radius 1 is 1.09 bits per heavy atom. The second-order valence-corrected chi connectivity index (χ2v) is 6.99. The molecule has 22 heavy (non-hydrogen) atoms. The Morgan fingerprint density at radius 2 is 1.73 bits per heavy atom. The third kappa shape index (κ3) is 5.08. The van der Waals surface area contributed by atoms with Gasteiger partial charge in [0.15, 0.2) is 0 Å². The molecular weight excluding hydrogens is 314 g/mol. The SMILES string of the molecule is CC(SCc1ccc(Cl)cc1)C(=O)NC(C)c1ccccc1. The van der Waals surface area contributed by atoms with Crippen molar-refractivity contribution in [3.05, 3.63) is 70.7 Å². The molecule has 0 saturated heterocycles. The van der Waals surface area contributed by atoms with Crippen molar-refractivity contribution in [1.82, 2.24) is 5.32 Å². The molecule has 0 fully saturated rings. The third-order valence-corrected chi connectivity index (χ3v) is 4.91. The van der Waals surface area contributed by atoms with Crippen LogP contribution in [0.4, 0.5) is 0 Å². The molecule has 4 heteroatoms. The summed E-state index contributed by atoms with van der Waals surface area (Å²) in [4.78, 5) is 12.2. The van der Waals surface area contributed by atoms with Gasteiger partial charge in [-0.15, -0.1) is 11.8 Å². The number of rotatable bonds is 6. The first kappa shape index (κ1) is 16.9. The highest BCUT2D eigenvalue weighted by molar-refractivity contribution is 7.99. The van der Waals surface area contributed by atoms with E-state index in [1.807, 2.05) is 68.4 Å². The van der Waals surface area contributed by atoms with Crippen LogP contribution in [0.3, 0.4) is 0 Å². The summed E-state index contributed by atoms with van der Waals surface area (Å²) in [6, 6.07) is 17.7. The van der Waals surface area contributed by atoms with E-state index in [0.29, 0.717) is 0 Å². The molecule has 116 valence electrons. The van der Waals surface area contributed by atoms with Crippen LogP contribution in [0, 0.1) is 0 Å². The Hall–Kier alpha value is -1.45. The summed E-state index contributed by atoms with van der Waals surface area (Å²) in [5.41, 5.74) is 2.29. The molecule has 0 spiro atoms. The van der Waals surface area contributed by atoms with Crippen molar-refractivity contribution in [2.24, 2.45) is 0 Å². The molecule has 0 aliphatic carbocycles. The van der Waals surface area contributed by atoms with Crippen molar-refractivity contribution in [1.29, 1.82) is 0 Å². The van der Waals surface area contributed by atoms with E-state index in [1.165, 1.54) is 5.56 Å². The van der Waals surface area contributed by atoms with E-state index in [9.17, 15) is 4.79 Å². The van der Waals surface area contributed by atoms with Crippen molar-refractivity contribution in [3.8, 4) is 0 Å². The molecule has 0 aliphatic heterocycles. The fraction of sp³-hybridized carbons (Fsp3) is 0.278. The fourth-order valence-electron chi connectivity index (χ4n) is 2.03. The average molecular weight is 334 g/mol. The first-order valence-electron chi connectivity index (χ1n) is 7.27. The van der Waals surface area contributed by atoms with E-state index in [-0.39, 0.29) is 17.2 Å². The maximum absolute atomic E-state index is 12.2. The maximum atomic E-state index is 12.2. The van der Waals surface area contributed by atoms with Crippen LogP contribution < -0.4 is 5.32 Å². The molecule has 0 radical (unpaired) electrons. The van der Waals surface area contributed by atoms with Crippen LogP contribution in [-0.4, -0.2) is 11.2 Å². The summed E-state index contributed by atoms with van der Waals surface area (Å²) in [6.45, 7) is 3.94. The molecule has 0 bridgehead atoms.